The van der Waals surface area contributed by atoms with Crippen molar-refractivity contribution in [1.82, 2.24) is 4.90 Å². The number of carboxylic acid groups (broad SMARTS) is 1. The molecule has 0 saturated heterocycles. The van der Waals surface area contributed by atoms with E-state index in [9.17, 15) is 4.79 Å². The van der Waals surface area contributed by atoms with Crippen LogP contribution in [0.2, 0.25) is 5.02 Å². The van der Waals surface area contributed by atoms with Crippen LogP contribution in [0.25, 0.3) is 6.08 Å². The second-order valence-electron chi connectivity index (χ2n) is 3.09. The van der Waals surface area contributed by atoms with Gasteiger partial charge < -0.3 is 10.0 Å². The molecular weight excluding hydrogens is 214 g/mol. The number of hydrogen-bond acceptors (Lipinski definition) is 1. The van der Waals surface area contributed by atoms with Crippen LogP contribution in [-0.4, -0.2) is 29.7 Å². The second kappa shape index (κ2) is 5.41. The summed E-state index contributed by atoms with van der Waals surface area (Å²) >= 11 is 5.92. The topological polar surface area (TPSA) is 40.5 Å². The van der Waals surface area contributed by atoms with Gasteiger partial charge in [0.2, 0.25) is 0 Å². The van der Waals surface area contributed by atoms with E-state index in [-0.39, 0.29) is 0 Å². The summed E-state index contributed by atoms with van der Waals surface area (Å²) in [5.41, 5.74) is 0.887. The fourth-order valence-electron chi connectivity index (χ4n) is 1.03. The van der Waals surface area contributed by atoms with E-state index in [1.807, 2.05) is 24.3 Å². The van der Waals surface area contributed by atoms with Gasteiger partial charge in [0.05, 0.1) is 0 Å². The average molecular weight is 226 g/mol. The van der Waals surface area contributed by atoms with Gasteiger partial charge in [-0.2, -0.15) is 0 Å². The van der Waals surface area contributed by atoms with Crippen molar-refractivity contribution in [3.05, 3.63) is 40.9 Å². The molecule has 1 N–H and O–H groups in total. The van der Waals surface area contributed by atoms with Gasteiger partial charge in [0.25, 0.3) is 0 Å². The maximum Gasteiger partial charge on any atom is 0.407 e. The Morgan fingerprint density at radius 3 is 2.80 bits per heavy atom. The third kappa shape index (κ3) is 3.64. The molecule has 0 atom stereocenters. The molecule has 3 nitrogen and oxygen atoms in total. The van der Waals surface area contributed by atoms with Crippen molar-refractivity contribution >= 4 is 23.8 Å². The Kier molecular flexibility index (Phi) is 4.18. The lowest BCUT2D eigenvalue weighted by molar-refractivity contribution is 0.160. The number of benzene rings is 1. The lowest BCUT2D eigenvalue weighted by Crippen LogP contribution is -2.24. The van der Waals surface area contributed by atoms with Gasteiger partial charge in [0.1, 0.15) is 0 Å². The van der Waals surface area contributed by atoms with Crippen LogP contribution in [0.3, 0.4) is 0 Å². The first-order chi connectivity index (χ1) is 7.11. The first kappa shape index (κ1) is 11.6. The Morgan fingerprint density at radius 2 is 2.20 bits per heavy atom. The lowest BCUT2D eigenvalue weighted by Gasteiger charge is -2.08. The van der Waals surface area contributed by atoms with Crippen molar-refractivity contribution in [2.45, 2.75) is 0 Å². The van der Waals surface area contributed by atoms with Crippen molar-refractivity contribution in [2.75, 3.05) is 13.6 Å². The van der Waals surface area contributed by atoms with Crippen molar-refractivity contribution in [2.24, 2.45) is 0 Å². The van der Waals surface area contributed by atoms with Crippen LogP contribution in [-0.2, 0) is 0 Å². The highest BCUT2D eigenvalue weighted by molar-refractivity contribution is 6.32. The molecule has 0 heterocycles. The number of amides is 1. The van der Waals surface area contributed by atoms with Crippen LogP contribution < -0.4 is 0 Å². The first-order valence-electron chi connectivity index (χ1n) is 4.46. The number of nitrogens with zero attached hydrogens (tertiary/aromatic N) is 1. The molecule has 0 bridgehead atoms. The van der Waals surface area contributed by atoms with Gasteiger partial charge in [-0.3, -0.25) is 0 Å². The standard InChI is InChI=1S/C11H12ClNO2/c1-13(11(14)15)8-4-6-9-5-2-3-7-10(9)12/h2-7H,8H2,1H3,(H,14,15)/b6-4+. The van der Waals surface area contributed by atoms with E-state index in [2.05, 4.69) is 0 Å². The molecule has 0 aromatic heterocycles. The van der Waals surface area contributed by atoms with Crippen molar-refractivity contribution in [3.63, 3.8) is 0 Å². The number of rotatable bonds is 3. The van der Waals surface area contributed by atoms with Crippen LogP contribution in [0.1, 0.15) is 5.56 Å². The van der Waals surface area contributed by atoms with Crippen LogP contribution in [0.5, 0.6) is 0 Å². The average Bonchev–Trinajstić information content (AvgIpc) is 2.20. The van der Waals surface area contributed by atoms with Gasteiger partial charge in [0.15, 0.2) is 0 Å². The second-order valence-corrected chi connectivity index (χ2v) is 3.49. The number of halogens is 1. The highest BCUT2D eigenvalue weighted by atomic mass is 35.5. The van der Waals surface area contributed by atoms with Crippen LogP contribution in [0.4, 0.5) is 4.79 Å². The summed E-state index contributed by atoms with van der Waals surface area (Å²) in [4.78, 5) is 11.7. The van der Waals surface area contributed by atoms with E-state index in [1.165, 1.54) is 11.9 Å². The molecule has 0 radical (unpaired) electrons. The van der Waals surface area contributed by atoms with E-state index in [0.717, 1.165) is 5.56 Å². The van der Waals surface area contributed by atoms with Gasteiger partial charge in [-0.1, -0.05) is 42.0 Å². The molecule has 0 aliphatic rings. The van der Waals surface area contributed by atoms with Crippen LogP contribution in [0, 0.1) is 0 Å². The largest absolute Gasteiger partial charge is 0.465 e. The summed E-state index contributed by atoms with van der Waals surface area (Å²) in [5, 5.41) is 9.26. The van der Waals surface area contributed by atoms with Crippen LogP contribution >= 0.6 is 11.6 Å². The molecule has 0 fully saturated rings. The molecule has 1 amide bonds. The molecule has 4 heteroatoms. The summed E-state index contributed by atoms with van der Waals surface area (Å²) in [6, 6.07) is 7.40. The zero-order valence-electron chi connectivity index (χ0n) is 8.35. The summed E-state index contributed by atoms with van der Waals surface area (Å²) in [7, 11) is 1.51. The minimum atomic E-state index is -0.946. The summed E-state index contributed by atoms with van der Waals surface area (Å²) < 4.78 is 0. The monoisotopic (exact) mass is 225 g/mol. The highest BCUT2D eigenvalue weighted by Gasteiger charge is 2.01. The van der Waals surface area contributed by atoms with Gasteiger partial charge in [-0.15, -0.1) is 0 Å². The molecule has 0 unspecified atom stereocenters. The predicted octanol–water partition coefficient (Wildman–Crippen LogP) is 2.96. The first-order valence-corrected chi connectivity index (χ1v) is 4.84. The zero-order valence-corrected chi connectivity index (χ0v) is 9.11. The molecule has 0 aliphatic carbocycles. The Balaban J connectivity index is 2.59. The SMILES string of the molecule is CN(C/C=C/c1ccccc1Cl)C(=O)O. The van der Waals surface area contributed by atoms with Crippen molar-refractivity contribution < 1.29 is 9.90 Å². The quantitative estimate of drug-likeness (QED) is 0.859. The minimum Gasteiger partial charge on any atom is -0.465 e. The molecule has 80 valence electrons. The normalized spacial score (nSPS) is 10.5. The molecule has 1 aromatic carbocycles. The number of hydrogen-bond donors (Lipinski definition) is 1. The van der Waals surface area contributed by atoms with Gasteiger partial charge in [0, 0.05) is 18.6 Å². The van der Waals surface area contributed by atoms with Gasteiger partial charge in [-0.05, 0) is 11.6 Å². The molecular formula is C11H12ClNO2. The Bertz CT molecular complexity index is 377. The third-order valence-electron chi connectivity index (χ3n) is 1.91. The lowest BCUT2D eigenvalue weighted by atomic mass is 10.2. The smallest absolute Gasteiger partial charge is 0.407 e. The number of likely N-dealkylation sites (N-methyl/N-ethyl adjacent to an activating group) is 1. The maximum atomic E-state index is 10.5. The van der Waals surface area contributed by atoms with Gasteiger partial charge >= 0.3 is 6.09 Å². The fourth-order valence-corrected chi connectivity index (χ4v) is 1.22. The van der Waals surface area contributed by atoms with E-state index >= 15 is 0 Å². The zero-order chi connectivity index (χ0) is 11.3. The van der Waals surface area contributed by atoms with Crippen molar-refractivity contribution in [1.29, 1.82) is 0 Å². The molecule has 0 aliphatic heterocycles. The Labute approximate surface area is 93.6 Å². The van der Waals surface area contributed by atoms with E-state index in [1.54, 1.807) is 12.1 Å². The molecule has 1 aromatic rings. The molecule has 1 rings (SSSR count). The summed E-state index contributed by atoms with van der Waals surface area (Å²) in [5.74, 6) is 0. The van der Waals surface area contributed by atoms with E-state index < -0.39 is 6.09 Å². The van der Waals surface area contributed by atoms with Crippen LogP contribution in [0.15, 0.2) is 30.3 Å². The maximum absolute atomic E-state index is 10.5. The summed E-state index contributed by atoms with van der Waals surface area (Å²) in [6.07, 6.45) is 2.62. The van der Waals surface area contributed by atoms with Gasteiger partial charge in [-0.25, -0.2) is 4.79 Å². The minimum absolute atomic E-state index is 0.348. The van der Waals surface area contributed by atoms with Crippen molar-refractivity contribution in [3.8, 4) is 0 Å². The molecule has 0 spiro atoms. The molecule has 15 heavy (non-hydrogen) atoms. The molecule has 0 saturated carbocycles. The highest BCUT2D eigenvalue weighted by Crippen LogP contribution is 2.15. The predicted molar refractivity (Wildman–Crippen MR) is 61.1 cm³/mol. The van der Waals surface area contributed by atoms with E-state index in [4.69, 9.17) is 16.7 Å². The summed E-state index contributed by atoms with van der Waals surface area (Å²) in [6.45, 7) is 0.348. The Hall–Kier alpha value is -1.48. The third-order valence-corrected chi connectivity index (χ3v) is 2.25. The van der Waals surface area contributed by atoms with E-state index in [0.29, 0.717) is 11.6 Å². The Morgan fingerprint density at radius 1 is 1.53 bits per heavy atom. The fraction of sp³-hybridized carbons (Fsp3) is 0.182. The number of carbonyl (C=O) groups is 1.